The predicted molar refractivity (Wildman–Crippen MR) is 108 cm³/mol. The van der Waals surface area contributed by atoms with E-state index in [4.69, 9.17) is 18.9 Å². The maximum Gasteiger partial charge on any atom is 0.231 e. The SMILES string of the molecule is CCOCCN1CC[C@@H](c2ccc(F)cc2)[C@H](COc2ccc3c(c2)OCO3)C1. The molecule has 0 amide bonds. The predicted octanol–water partition coefficient (Wildman–Crippen LogP) is 4.08. The number of hydrogen-bond donors (Lipinski definition) is 0. The topological polar surface area (TPSA) is 40.2 Å². The Morgan fingerprint density at radius 3 is 2.76 bits per heavy atom. The van der Waals surface area contributed by atoms with Gasteiger partial charge in [-0.1, -0.05) is 12.1 Å². The van der Waals surface area contributed by atoms with Crippen LogP contribution in [0.25, 0.3) is 0 Å². The van der Waals surface area contributed by atoms with E-state index in [1.165, 1.54) is 5.56 Å². The number of piperidine rings is 1. The highest BCUT2D eigenvalue weighted by molar-refractivity contribution is 5.46. The summed E-state index contributed by atoms with van der Waals surface area (Å²) in [5.41, 5.74) is 1.18. The normalized spacial score (nSPS) is 21.3. The van der Waals surface area contributed by atoms with E-state index >= 15 is 0 Å². The molecule has 2 aromatic carbocycles. The monoisotopic (exact) mass is 401 g/mol. The van der Waals surface area contributed by atoms with E-state index in [0.717, 1.165) is 56.5 Å². The quantitative estimate of drug-likeness (QED) is 0.624. The first-order valence-corrected chi connectivity index (χ1v) is 10.3. The molecule has 0 unspecified atom stereocenters. The molecule has 156 valence electrons. The van der Waals surface area contributed by atoms with Crippen LogP contribution in [0.5, 0.6) is 17.2 Å². The second kappa shape index (κ2) is 9.46. The molecule has 2 aromatic rings. The third-order valence-electron chi connectivity index (χ3n) is 5.68. The van der Waals surface area contributed by atoms with E-state index < -0.39 is 0 Å². The molecule has 0 saturated carbocycles. The van der Waals surface area contributed by atoms with Gasteiger partial charge in [-0.15, -0.1) is 0 Å². The van der Waals surface area contributed by atoms with Crippen molar-refractivity contribution >= 4 is 0 Å². The molecule has 1 saturated heterocycles. The molecule has 5 nitrogen and oxygen atoms in total. The van der Waals surface area contributed by atoms with Gasteiger partial charge in [0.1, 0.15) is 11.6 Å². The fourth-order valence-electron chi connectivity index (χ4n) is 4.14. The molecule has 2 atom stereocenters. The van der Waals surface area contributed by atoms with Crippen molar-refractivity contribution in [3.05, 3.63) is 53.8 Å². The molecule has 0 spiro atoms. The Balaban J connectivity index is 1.44. The minimum atomic E-state index is -0.198. The van der Waals surface area contributed by atoms with Gasteiger partial charge in [0.25, 0.3) is 0 Å². The molecule has 0 aliphatic carbocycles. The second-order valence-corrected chi connectivity index (χ2v) is 7.53. The van der Waals surface area contributed by atoms with E-state index in [-0.39, 0.29) is 12.6 Å². The molecule has 2 heterocycles. The van der Waals surface area contributed by atoms with Gasteiger partial charge in [-0.2, -0.15) is 0 Å². The van der Waals surface area contributed by atoms with Crippen LogP contribution < -0.4 is 14.2 Å². The number of hydrogen-bond acceptors (Lipinski definition) is 5. The molecule has 0 N–H and O–H groups in total. The molecule has 1 fully saturated rings. The van der Waals surface area contributed by atoms with Gasteiger partial charge < -0.3 is 23.8 Å². The number of fused-ring (bicyclic) bond motifs is 1. The van der Waals surface area contributed by atoms with Gasteiger partial charge in [-0.05, 0) is 55.6 Å². The van der Waals surface area contributed by atoms with Crippen LogP contribution in [0, 0.1) is 11.7 Å². The highest BCUT2D eigenvalue weighted by Crippen LogP contribution is 2.37. The third kappa shape index (κ3) is 5.00. The number of ether oxygens (including phenoxy) is 4. The number of likely N-dealkylation sites (tertiary alicyclic amines) is 1. The summed E-state index contributed by atoms with van der Waals surface area (Å²) in [4.78, 5) is 2.43. The maximum atomic E-state index is 13.4. The Kier molecular flexibility index (Phi) is 6.52. The summed E-state index contributed by atoms with van der Waals surface area (Å²) in [6.07, 6.45) is 1.02. The van der Waals surface area contributed by atoms with Gasteiger partial charge in [0.2, 0.25) is 6.79 Å². The van der Waals surface area contributed by atoms with Gasteiger partial charge in [0.15, 0.2) is 11.5 Å². The summed E-state index contributed by atoms with van der Waals surface area (Å²) in [7, 11) is 0. The van der Waals surface area contributed by atoms with Crippen LogP contribution in [0.3, 0.4) is 0 Å². The van der Waals surface area contributed by atoms with Crippen LogP contribution in [-0.4, -0.2) is 51.1 Å². The molecule has 4 rings (SSSR count). The number of benzene rings is 2. The average molecular weight is 401 g/mol. The minimum absolute atomic E-state index is 0.198. The zero-order valence-electron chi connectivity index (χ0n) is 16.8. The van der Waals surface area contributed by atoms with E-state index in [2.05, 4.69) is 4.90 Å². The Hall–Kier alpha value is -2.31. The standard InChI is InChI=1S/C23H28FNO4/c1-2-26-12-11-25-10-9-21(17-3-5-19(24)6-4-17)18(14-25)15-27-20-7-8-22-23(13-20)29-16-28-22/h3-8,13,18,21H,2,9-12,14-16H2,1H3/t18-,21-/m0/s1. The van der Waals surface area contributed by atoms with E-state index in [9.17, 15) is 4.39 Å². The van der Waals surface area contributed by atoms with Crippen molar-refractivity contribution in [3.8, 4) is 17.2 Å². The number of halogens is 1. The van der Waals surface area contributed by atoms with E-state index in [1.807, 2.05) is 37.3 Å². The van der Waals surface area contributed by atoms with Crippen molar-refractivity contribution < 1.29 is 23.3 Å². The zero-order valence-corrected chi connectivity index (χ0v) is 16.8. The van der Waals surface area contributed by atoms with Crippen molar-refractivity contribution in [3.63, 3.8) is 0 Å². The third-order valence-corrected chi connectivity index (χ3v) is 5.68. The first-order chi connectivity index (χ1) is 14.2. The van der Waals surface area contributed by atoms with Gasteiger partial charge in [0.05, 0.1) is 13.2 Å². The highest BCUT2D eigenvalue weighted by atomic mass is 19.1. The molecule has 0 aromatic heterocycles. The summed E-state index contributed by atoms with van der Waals surface area (Å²) >= 11 is 0. The molecule has 0 bridgehead atoms. The fraction of sp³-hybridized carbons (Fsp3) is 0.478. The molecule has 29 heavy (non-hydrogen) atoms. The number of rotatable bonds is 8. The second-order valence-electron chi connectivity index (χ2n) is 7.53. The largest absolute Gasteiger partial charge is 0.493 e. The summed E-state index contributed by atoms with van der Waals surface area (Å²) < 4.78 is 35.9. The van der Waals surface area contributed by atoms with Crippen molar-refractivity contribution in [1.29, 1.82) is 0 Å². The molecular formula is C23H28FNO4. The summed E-state index contributed by atoms with van der Waals surface area (Å²) in [6.45, 7) is 7.20. The van der Waals surface area contributed by atoms with Gasteiger partial charge >= 0.3 is 0 Å². The Bertz CT molecular complexity index is 798. The summed E-state index contributed by atoms with van der Waals surface area (Å²) in [5, 5.41) is 0. The lowest BCUT2D eigenvalue weighted by Crippen LogP contribution is -2.43. The van der Waals surface area contributed by atoms with Gasteiger partial charge in [-0.3, -0.25) is 0 Å². The smallest absolute Gasteiger partial charge is 0.231 e. The first-order valence-electron chi connectivity index (χ1n) is 10.3. The van der Waals surface area contributed by atoms with Gasteiger partial charge in [-0.25, -0.2) is 4.39 Å². The maximum absolute atomic E-state index is 13.4. The Labute approximate surface area is 171 Å². The molecule has 2 aliphatic heterocycles. The Morgan fingerprint density at radius 1 is 1.10 bits per heavy atom. The Morgan fingerprint density at radius 2 is 1.93 bits per heavy atom. The van der Waals surface area contributed by atoms with Crippen LogP contribution in [0.2, 0.25) is 0 Å². The lowest BCUT2D eigenvalue weighted by atomic mass is 9.81. The summed E-state index contributed by atoms with van der Waals surface area (Å²) in [6, 6.07) is 12.6. The van der Waals surface area contributed by atoms with Gasteiger partial charge in [0, 0.05) is 31.7 Å². The fourth-order valence-corrected chi connectivity index (χ4v) is 4.14. The highest BCUT2D eigenvalue weighted by Gasteiger charge is 2.31. The van der Waals surface area contributed by atoms with Crippen LogP contribution in [-0.2, 0) is 4.74 Å². The van der Waals surface area contributed by atoms with Crippen LogP contribution in [0.4, 0.5) is 4.39 Å². The van der Waals surface area contributed by atoms with Crippen LogP contribution in [0.1, 0.15) is 24.8 Å². The first kappa shape index (κ1) is 20.0. The lowest BCUT2D eigenvalue weighted by Gasteiger charge is -2.38. The van der Waals surface area contributed by atoms with Crippen molar-refractivity contribution in [2.24, 2.45) is 5.92 Å². The minimum Gasteiger partial charge on any atom is -0.493 e. The molecular weight excluding hydrogens is 373 g/mol. The van der Waals surface area contributed by atoms with E-state index in [0.29, 0.717) is 18.4 Å². The van der Waals surface area contributed by atoms with Crippen LogP contribution in [0.15, 0.2) is 42.5 Å². The number of nitrogens with zero attached hydrogens (tertiary/aromatic N) is 1. The average Bonchev–Trinajstić information content (AvgIpc) is 3.21. The molecule has 2 aliphatic rings. The van der Waals surface area contributed by atoms with Crippen molar-refractivity contribution in [1.82, 2.24) is 4.90 Å². The summed E-state index contributed by atoms with van der Waals surface area (Å²) in [5.74, 6) is 2.70. The van der Waals surface area contributed by atoms with Crippen molar-refractivity contribution in [2.45, 2.75) is 19.3 Å². The molecule has 6 heteroatoms. The van der Waals surface area contributed by atoms with Crippen molar-refractivity contribution in [2.75, 3.05) is 46.2 Å². The zero-order chi connectivity index (χ0) is 20.1. The van der Waals surface area contributed by atoms with E-state index in [1.54, 1.807) is 12.1 Å². The molecule has 0 radical (unpaired) electrons. The lowest BCUT2D eigenvalue weighted by molar-refractivity contribution is 0.0705. The van der Waals surface area contributed by atoms with Crippen LogP contribution >= 0.6 is 0 Å².